The number of hydrogen-bond donors (Lipinski definition) is 3. The van der Waals surface area contributed by atoms with Crippen molar-refractivity contribution in [3.8, 4) is 11.3 Å². The number of carboxylic acid groups (broad SMARTS) is 1. The van der Waals surface area contributed by atoms with Crippen LogP contribution >= 0.6 is 15.9 Å². The van der Waals surface area contributed by atoms with Crippen molar-refractivity contribution < 1.29 is 9.90 Å². The molecule has 0 amide bonds. The van der Waals surface area contributed by atoms with Crippen LogP contribution in [0.15, 0.2) is 33.5 Å². The molecule has 0 fully saturated rings. The Morgan fingerprint density at radius 1 is 1.31 bits per heavy atom. The first-order valence-corrected chi connectivity index (χ1v) is 5.19. The van der Waals surface area contributed by atoms with Gasteiger partial charge in [-0.15, -0.1) is 0 Å². The first kappa shape index (κ1) is 10.7. The van der Waals surface area contributed by atoms with Crippen molar-refractivity contribution in [2.24, 2.45) is 0 Å². The standard InChI is InChI=1S/C10H7BrN2O3/c11-6-3-1-2-5(4-6)7-8(9(14)15)13-10(16)12-7/h1-4H,(H,14,15)(H2,12,13,16). The fraction of sp³-hybridized carbons (Fsp3) is 0. The third-order valence-electron chi connectivity index (χ3n) is 2.05. The number of imidazole rings is 1. The number of carboxylic acids is 1. The molecule has 0 spiro atoms. The Morgan fingerprint density at radius 3 is 2.69 bits per heavy atom. The Labute approximate surface area is 98.3 Å². The van der Waals surface area contributed by atoms with Crippen LogP contribution in [-0.2, 0) is 0 Å². The third-order valence-corrected chi connectivity index (χ3v) is 2.55. The van der Waals surface area contributed by atoms with Crippen LogP contribution in [-0.4, -0.2) is 21.0 Å². The minimum atomic E-state index is -1.17. The number of halogens is 1. The number of H-pyrrole nitrogens is 2. The highest BCUT2D eigenvalue weighted by molar-refractivity contribution is 9.10. The lowest BCUT2D eigenvalue weighted by Crippen LogP contribution is -2.03. The molecule has 0 aliphatic rings. The summed E-state index contributed by atoms with van der Waals surface area (Å²) in [5, 5.41) is 8.91. The molecule has 0 bridgehead atoms. The van der Waals surface area contributed by atoms with Crippen LogP contribution in [0.25, 0.3) is 11.3 Å². The quantitative estimate of drug-likeness (QED) is 0.785. The van der Waals surface area contributed by atoms with Gasteiger partial charge in [-0.25, -0.2) is 9.59 Å². The van der Waals surface area contributed by atoms with Crippen LogP contribution in [0.3, 0.4) is 0 Å². The second-order valence-electron chi connectivity index (χ2n) is 3.14. The van der Waals surface area contributed by atoms with Gasteiger partial charge in [-0.1, -0.05) is 28.1 Å². The maximum Gasteiger partial charge on any atom is 0.354 e. The van der Waals surface area contributed by atoms with Gasteiger partial charge in [-0.3, -0.25) is 4.98 Å². The van der Waals surface area contributed by atoms with Crippen molar-refractivity contribution in [3.05, 3.63) is 44.9 Å². The minimum Gasteiger partial charge on any atom is -0.477 e. The van der Waals surface area contributed by atoms with E-state index in [2.05, 4.69) is 25.9 Å². The first-order valence-electron chi connectivity index (χ1n) is 4.39. The molecule has 0 saturated carbocycles. The molecule has 1 heterocycles. The monoisotopic (exact) mass is 282 g/mol. The molecule has 16 heavy (non-hydrogen) atoms. The predicted octanol–water partition coefficient (Wildman–Crippen LogP) is 1.83. The average Bonchev–Trinajstić information content (AvgIpc) is 2.60. The van der Waals surface area contributed by atoms with Gasteiger partial charge >= 0.3 is 11.7 Å². The second kappa shape index (κ2) is 3.97. The van der Waals surface area contributed by atoms with E-state index in [0.29, 0.717) is 5.56 Å². The molecule has 82 valence electrons. The third kappa shape index (κ3) is 1.92. The molecule has 0 aliphatic heterocycles. The average molecular weight is 283 g/mol. The number of aromatic amines is 2. The topological polar surface area (TPSA) is 85.9 Å². The van der Waals surface area contributed by atoms with Gasteiger partial charge in [0.2, 0.25) is 0 Å². The summed E-state index contributed by atoms with van der Waals surface area (Å²) in [5.41, 5.74) is 0.236. The van der Waals surface area contributed by atoms with Crippen molar-refractivity contribution in [1.29, 1.82) is 0 Å². The van der Waals surface area contributed by atoms with Gasteiger partial charge in [-0.2, -0.15) is 0 Å². The number of nitrogens with one attached hydrogen (secondary N) is 2. The zero-order chi connectivity index (χ0) is 11.7. The molecule has 0 atom stereocenters. The van der Waals surface area contributed by atoms with E-state index in [1.165, 1.54) is 0 Å². The lowest BCUT2D eigenvalue weighted by molar-refractivity contribution is 0.0692. The number of hydrogen-bond acceptors (Lipinski definition) is 2. The lowest BCUT2D eigenvalue weighted by atomic mass is 10.1. The van der Waals surface area contributed by atoms with Crippen LogP contribution in [0.5, 0.6) is 0 Å². The van der Waals surface area contributed by atoms with E-state index in [9.17, 15) is 9.59 Å². The van der Waals surface area contributed by atoms with Crippen molar-refractivity contribution in [3.63, 3.8) is 0 Å². The van der Waals surface area contributed by atoms with Crippen LogP contribution in [0.2, 0.25) is 0 Å². The van der Waals surface area contributed by atoms with Gasteiger partial charge in [0, 0.05) is 10.0 Å². The summed E-state index contributed by atoms with van der Waals surface area (Å²) in [6.45, 7) is 0. The number of rotatable bonds is 2. The summed E-state index contributed by atoms with van der Waals surface area (Å²) in [5.74, 6) is -1.17. The highest BCUT2D eigenvalue weighted by Gasteiger charge is 2.15. The molecule has 3 N–H and O–H groups in total. The van der Waals surface area contributed by atoms with E-state index in [1.807, 2.05) is 6.07 Å². The van der Waals surface area contributed by atoms with Crippen molar-refractivity contribution in [2.45, 2.75) is 0 Å². The maximum atomic E-state index is 11.1. The molecular weight excluding hydrogens is 276 g/mol. The molecule has 1 aromatic carbocycles. The lowest BCUT2D eigenvalue weighted by Gasteiger charge is -2.00. The van der Waals surface area contributed by atoms with Gasteiger partial charge < -0.3 is 10.1 Å². The van der Waals surface area contributed by atoms with E-state index < -0.39 is 11.7 Å². The largest absolute Gasteiger partial charge is 0.477 e. The predicted molar refractivity (Wildman–Crippen MR) is 61.5 cm³/mol. The van der Waals surface area contributed by atoms with Crippen molar-refractivity contribution >= 4 is 21.9 Å². The molecular formula is C10H7BrN2O3. The summed E-state index contributed by atoms with van der Waals surface area (Å²) in [6.07, 6.45) is 0. The Balaban J connectivity index is 2.64. The van der Waals surface area contributed by atoms with E-state index in [4.69, 9.17) is 5.11 Å². The fourth-order valence-corrected chi connectivity index (χ4v) is 1.80. The number of aromatic nitrogens is 2. The zero-order valence-corrected chi connectivity index (χ0v) is 9.54. The van der Waals surface area contributed by atoms with Crippen LogP contribution in [0.4, 0.5) is 0 Å². The Kier molecular flexibility index (Phi) is 2.66. The molecule has 0 radical (unpaired) electrons. The number of carbonyl (C=O) groups is 1. The fourth-order valence-electron chi connectivity index (χ4n) is 1.40. The summed E-state index contributed by atoms with van der Waals surface area (Å²) in [6, 6.07) is 7.02. The molecule has 5 nitrogen and oxygen atoms in total. The summed E-state index contributed by atoms with van der Waals surface area (Å²) >= 11 is 3.28. The Bertz CT molecular complexity index is 600. The minimum absolute atomic E-state index is 0.136. The second-order valence-corrected chi connectivity index (χ2v) is 4.06. The first-order chi connectivity index (χ1) is 7.58. The summed E-state index contributed by atoms with van der Waals surface area (Å²) < 4.78 is 0.809. The molecule has 2 rings (SSSR count). The highest BCUT2D eigenvalue weighted by Crippen LogP contribution is 2.22. The number of aromatic carboxylic acids is 1. The SMILES string of the molecule is O=C(O)c1[nH]c(=O)[nH]c1-c1cccc(Br)c1. The molecule has 0 saturated heterocycles. The van der Waals surface area contributed by atoms with Gasteiger partial charge in [0.25, 0.3) is 0 Å². The molecule has 2 aromatic rings. The Hall–Kier alpha value is -1.82. The zero-order valence-electron chi connectivity index (χ0n) is 7.95. The smallest absolute Gasteiger partial charge is 0.354 e. The Morgan fingerprint density at radius 2 is 2.06 bits per heavy atom. The molecule has 0 aliphatic carbocycles. The van der Waals surface area contributed by atoms with E-state index in [0.717, 1.165) is 4.47 Å². The molecule has 1 aromatic heterocycles. The summed E-state index contributed by atoms with van der Waals surface area (Å²) in [7, 11) is 0. The van der Waals surface area contributed by atoms with E-state index in [1.54, 1.807) is 18.2 Å². The van der Waals surface area contributed by atoms with Crippen LogP contribution < -0.4 is 5.69 Å². The van der Waals surface area contributed by atoms with Crippen molar-refractivity contribution in [2.75, 3.05) is 0 Å². The van der Waals surface area contributed by atoms with Gasteiger partial charge in [0.1, 0.15) is 0 Å². The highest BCUT2D eigenvalue weighted by atomic mass is 79.9. The number of benzene rings is 1. The van der Waals surface area contributed by atoms with Crippen LogP contribution in [0.1, 0.15) is 10.5 Å². The molecule has 0 unspecified atom stereocenters. The van der Waals surface area contributed by atoms with Gasteiger partial charge in [0.15, 0.2) is 5.69 Å². The van der Waals surface area contributed by atoms with Gasteiger partial charge in [0.05, 0.1) is 5.69 Å². The van der Waals surface area contributed by atoms with Crippen molar-refractivity contribution in [1.82, 2.24) is 9.97 Å². The van der Waals surface area contributed by atoms with E-state index >= 15 is 0 Å². The van der Waals surface area contributed by atoms with Crippen LogP contribution in [0, 0.1) is 0 Å². The van der Waals surface area contributed by atoms with Gasteiger partial charge in [-0.05, 0) is 12.1 Å². The maximum absolute atomic E-state index is 11.1. The summed E-state index contributed by atoms with van der Waals surface area (Å²) in [4.78, 5) is 26.7. The normalized spacial score (nSPS) is 10.3. The molecule has 6 heteroatoms. The van der Waals surface area contributed by atoms with E-state index in [-0.39, 0.29) is 11.4 Å².